The van der Waals surface area contributed by atoms with E-state index in [1.165, 1.54) is 0 Å². The molecular weight excluding hydrogens is 210 g/mol. The van der Waals surface area contributed by atoms with Crippen molar-refractivity contribution >= 4 is 17.6 Å². The van der Waals surface area contributed by atoms with Crippen molar-refractivity contribution in [2.75, 3.05) is 11.5 Å². The summed E-state index contributed by atoms with van der Waals surface area (Å²) in [6.07, 6.45) is 3.04. The summed E-state index contributed by atoms with van der Waals surface area (Å²) in [4.78, 5) is 0. The average molecular weight is 227 g/mol. The molecule has 1 aromatic rings. The van der Waals surface area contributed by atoms with Crippen LogP contribution in [0.1, 0.15) is 19.0 Å². The predicted octanol–water partition coefficient (Wildman–Crippen LogP) is 1.73. The minimum atomic E-state index is 0.170. The average Bonchev–Trinajstić information content (AvgIpc) is 2.71. The van der Waals surface area contributed by atoms with Crippen molar-refractivity contribution in [1.29, 1.82) is 0 Å². The zero-order chi connectivity index (χ0) is 11.1. The molecule has 0 unspecified atom stereocenters. The van der Waals surface area contributed by atoms with Crippen molar-refractivity contribution in [2.24, 2.45) is 10.9 Å². The Kier molecular flexibility index (Phi) is 5.10. The van der Waals surface area contributed by atoms with Gasteiger partial charge in [-0.3, -0.25) is 0 Å². The summed E-state index contributed by atoms with van der Waals surface area (Å²) in [5, 5.41) is 11.6. The highest BCUT2D eigenvalue weighted by Gasteiger charge is 2.04. The van der Waals surface area contributed by atoms with E-state index in [1.807, 2.05) is 34.7 Å². The second kappa shape index (κ2) is 6.40. The second-order valence-corrected chi connectivity index (χ2v) is 4.52. The Morgan fingerprint density at radius 2 is 2.47 bits per heavy atom. The maximum absolute atomic E-state index is 8.59. The molecular formula is C10H17N3OS. The number of aromatic nitrogens is 1. The highest BCUT2D eigenvalue weighted by Crippen LogP contribution is 2.06. The van der Waals surface area contributed by atoms with Crippen LogP contribution in [0.5, 0.6) is 0 Å². The molecule has 0 radical (unpaired) electrons. The molecule has 3 N–H and O–H groups in total. The first-order chi connectivity index (χ1) is 7.29. The van der Waals surface area contributed by atoms with Gasteiger partial charge in [-0.15, -0.1) is 0 Å². The summed E-state index contributed by atoms with van der Waals surface area (Å²) < 4.78 is 2.01. The molecule has 0 aromatic carbocycles. The van der Waals surface area contributed by atoms with Gasteiger partial charge in [-0.1, -0.05) is 12.1 Å². The normalized spacial score (nSPS) is 11.9. The van der Waals surface area contributed by atoms with Crippen LogP contribution in [0.2, 0.25) is 0 Å². The van der Waals surface area contributed by atoms with E-state index >= 15 is 0 Å². The second-order valence-electron chi connectivity index (χ2n) is 3.12. The van der Waals surface area contributed by atoms with Gasteiger partial charge in [0.15, 0.2) is 5.84 Å². The van der Waals surface area contributed by atoms with E-state index in [9.17, 15) is 0 Å². The summed E-state index contributed by atoms with van der Waals surface area (Å²) in [6, 6.07) is 3.75. The standard InChI is InChI=1S/C10H17N3OS/c1-2-15-8-4-7-13-6-3-5-9(13)10(11)12-14/h3,5-6,14H,2,4,7-8H2,1H3,(H2,11,12). The molecule has 0 fully saturated rings. The van der Waals surface area contributed by atoms with Crippen molar-refractivity contribution in [3.8, 4) is 0 Å². The fourth-order valence-corrected chi connectivity index (χ4v) is 2.00. The molecule has 4 nitrogen and oxygen atoms in total. The van der Waals surface area contributed by atoms with Crippen LogP contribution in [-0.4, -0.2) is 27.1 Å². The van der Waals surface area contributed by atoms with Gasteiger partial charge in [-0.2, -0.15) is 11.8 Å². The SMILES string of the molecule is CCSCCCn1cccc1/C(N)=N/O. The van der Waals surface area contributed by atoms with Crippen LogP contribution in [-0.2, 0) is 6.54 Å². The van der Waals surface area contributed by atoms with Gasteiger partial charge < -0.3 is 15.5 Å². The van der Waals surface area contributed by atoms with Gasteiger partial charge in [-0.05, 0) is 30.1 Å². The minimum absolute atomic E-state index is 0.170. The van der Waals surface area contributed by atoms with Crippen molar-refractivity contribution in [1.82, 2.24) is 4.57 Å². The molecule has 1 heterocycles. The third kappa shape index (κ3) is 3.51. The van der Waals surface area contributed by atoms with Gasteiger partial charge in [0.05, 0.1) is 5.69 Å². The third-order valence-electron chi connectivity index (χ3n) is 2.09. The van der Waals surface area contributed by atoms with Gasteiger partial charge in [0.1, 0.15) is 0 Å². The molecule has 15 heavy (non-hydrogen) atoms. The fourth-order valence-electron chi connectivity index (χ4n) is 1.37. The van der Waals surface area contributed by atoms with E-state index < -0.39 is 0 Å². The largest absolute Gasteiger partial charge is 0.409 e. The summed E-state index contributed by atoms with van der Waals surface area (Å²) >= 11 is 1.93. The molecule has 0 aliphatic rings. The lowest BCUT2D eigenvalue weighted by atomic mass is 10.4. The molecule has 0 spiro atoms. The Labute approximate surface area is 94.1 Å². The van der Waals surface area contributed by atoms with Crippen molar-refractivity contribution in [2.45, 2.75) is 19.9 Å². The number of hydrogen-bond donors (Lipinski definition) is 2. The topological polar surface area (TPSA) is 63.5 Å². The van der Waals surface area contributed by atoms with Crippen LogP contribution in [0.3, 0.4) is 0 Å². The third-order valence-corrected chi connectivity index (χ3v) is 3.08. The van der Waals surface area contributed by atoms with E-state index in [4.69, 9.17) is 10.9 Å². The Hall–Kier alpha value is -1.10. The number of aryl methyl sites for hydroxylation is 1. The molecule has 1 rings (SSSR count). The Bertz CT molecular complexity index is 322. The van der Waals surface area contributed by atoms with Crippen LogP contribution >= 0.6 is 11.8 Å². The molecule has 1 aromatic heterocycles. The Morgan fingerprint density at radius 1 is 1.67 bits per heavy atom. The van der Waals surface area contributed by atoms with Crippen molar-refractivity contribution in [3.05, 3.63) is 24.0 Å². The first-order valence-corrected chi connectivity index (χ1v) is 6.15. The first-order valence-electron chi connectivity index (χ1n) is 5.00. The van der Waals surface area contributed by atoms with Gasteiger partial charge in [0.25, 0.3) is 0 Å². The van der Waals surface area contributed by atoms with E-state index in [0.29, 0.717) is 0 Å². The fraction of sp³-hybridized carbons (Fsp3) is 0.500. The summed E-state index contributed by atoms with van der Waals surface area (Å²) in [6.45, 7) is 3.06. The number of nitrogens with two attached hydrogens (primary N) is 1. The lowest BCUT2D eigenvalue weighted by molar-refractivity contribution is 0.318. The molecule has 0 aliphatic heterocycles. The number of hydrogen-bond acceptors (Lipinski definition) is 3. The zero-order valence-corrected chi connectivity index (χ0v) is 9.70. The number of amidine groups is 1. The van der Waals surface area contributed by atoms with E-state index in [2.05, 4.69) is 12.1 Å². The van der Waals surface area contributed by atoms with Crippen LogP contribution in [0, 0.1) is 0 Å². The first kappa shape index (κ1) is 12.0. The molecule has 84 valence electrons. The summed E-state index contributed by atoms with van der Waals surface area (Å²) in [5.74, 6) is 2.46. The van der Waals surface area contributed by atoms with E-state index in [1.54, 1.807) is 0 Å². The number of oxime groups is 1. The van der Waals surface area contributed by atoms with Gasteiger partial charge in [-0.25, -0.2) is 0 Å². The van der Waals surface area contributed by atoms with Crippen LogP contribution < -0.4 is 5.73 Å². The van der Waals surface area contributed by atoms with Crippen LogP contribution in [0.4, 0.5) is 0 Å². The summed E-state index contributed by atoms with van der Waals surface area (Å²) in [5.41, 5.74) is 6.32. The maximum Gasteiger partial charge on any atom is 0.186 e. The maximum atomic E-state index is 8.59. The lowest BCUT2D eigenvalue weighted by Crippen LogP contribution is -2.18. The number of rotatable bonds is 6. The van der Waals surface area contributed by atoms with Gasteiger partial charge in [0, 0.05) is 12.7 Å². The Balaban J connectivity index is 2.50. The highest BCUT2D eigenvalue weighted by atomic mass is 32.2. The van der Waals surface area contributed by atoms with Crippen LogP contribution in [0.15, 0.2) is 23.5 Å². The van der Waals surface area contributed by atoms with E-state index in [0.717, 1.165) is 30.2 Å². The van der Waals surface area contributed by atoms with Crippen LogP contribution in [0.25, 0.3) is 0 Å². The Morgan fingerprint density at radius 3 is 3.13 bits per heavy atom. The van der Waals surface area contributed by atoms with E-state index in [-0.39, 0.29) is 5.84 Å². The van der Waals surface area contributed by atoms with Gasteiger partial charge in [0.2, 0.25) is 0 Å². The number of thioether (sulfide) groups is 1. The molecule has 0 saturated carbocycles. The molecule has 0 amide bonds. The zero-order valence-electron chi connectivity index (χ0n) is 8.89. The predicted molar refractivity (Wildman–Crippen MR) is 64.6 cm³/mol. The smallest absolute Gasteiger partial charge is 0.186 e. The minimum Gasteiger partial charge on any atom is -0.409 e. The molecule has 0 bridgehead atoms. The molecule has 0 atom stereocenters. The quantitative estimate of drug-likeness (QED) is 0.256. The van der Waals surface area contributed by atoms with Crippen molar-refractivity contribution < 1.29 is 5.21 Å². The lowest BCUT2D eigenvalue weighted by Gasteiger charge is -2.07. The van der Waals surface area contributed by atoms with Crippen molar-refractivity contribution in [3.63, 3.8) is 0 Å². The highest BCUT2D eigenvalue weighted by molar-refractivity contribution is 7.99. The molecule has 0 aliphatic carbocycles. The molecule has 0 saturated heterocycles. The number of nitrogens with zero attached hydrogens (tertiary/aromatic N) is 2. The summed E-state index contributed by atoms with van der Waals surface area (Å²) in [7, 11) is 0. The monoisotopic (exact) mass is 227 g/mol. The van der Waals surface area contributed by atoms with Gasteiger partial charge >= 0.3 is 0 Å². The molecule has 5 heteroatoms.